The third-order valence-electron chi connectivity index (χ3n) is 9.56. The maximum Gasteiger partial charge on any atom is 0.164 e. The van der Waals surface area contributed by atoms with Crippen molar-refractivity contribution in [3.63, 3.8) is 0 Å². The molecule has 1 saturated carbocycles. The highest BCUT2D eigenvalue weighted by atomic mass is 15.0. The molecule has 3 heteroatoms. The molecule has 0 bridgehead atoms. The first-order valence-electron chi connectivity index (χ1n) is 18.6. The van der Waals surface area contributed by atoms with E-state index in [-0.39, 0.29) is 0 Å². The van der Waals surface area contributed by atoms with E-state index in [2.05, 4.69) is 36.4 Å². The van der Waals surface area contributed by atoms with Crippen molar-refractivity contribution in [2.24, 2.45) is 0 Å². The molecule has 48 heavy (non-hydrogen) atoms. The van der Waals surface area contributed by atoms with Crippen LogP contribution in [0, 0.1) is 0 Å². The summed E-state index contributed by atoms with van der Waals surface area (Å²) >= 11 is 0. The Balaban J connectivity index is 1.27. The first kappa shape index (κ1) is 24.5. The summed E-state index contributed by atoms with van der Waals surface area (Å²) in [5.74, 6) is 1.69. The number of nitrogens with zero attached hydrogens (tertiary/aromatic N) is 3. The van der Waals surface area contributed by atoms with Gasteiger partial charge in [-0.15, -0.1) is 0 Å². The second-order valence-electron chi connectivity index (χ2n) is 12.4. The van der Waals surface area contributed by atoms with Crippen molar-refractivity contribution in [1.29, 1.82) is 0 Å². The third kappa shape index (κ3) is 4.86. The van der Waals surface area contributed by atoms with Gasteiger partial charge in [0.15, 0.2) is 17.5 Å². The van der Waals surface area contributed by atoms with E-state index in [1.54, 1.807) is 0 Å². The highest BCUT2D eigenvalue weighted by Gasteiger charge is 2.43. The van der Waals surface area contributed by atoms with E-state index in [1.165, 1.54) is 0 Å². The van der Waals surface area contributed by atoms with Gasteiger partial charge in [-0.2, -0.15) is 0 Å². The molecule has 1 fully saturated rings. The quantitative estimate of drug-likeness (QED) is 0.192. The van der Waals surface area contributed by atoms with Gasteiger partial charge in [0.2, 0.25) is 0 Å². The van der Waals surface area contributed by atoms with Gasteiger partial charge < -0.3 is 0 Å². The topological polar surface area (TPSA) is 38.7 Å². The molecule has 0 amide bonds. The number of benzene rings is 6. The van der Waals surface area contributed by atoms with Crippen LogP contribution in [0.1, 0.15) is 48.6 Å². The van der Waals surface area contributed by atoms with Crippen LogP contribution < -0.4 is 0 Å². The fourth-order valence-corrected chi connectivity index (χ4v) is 7.25. The van der Waals surface area contributed by atoms with Crippen molar-refractivity contribution >= 4 is 0 Å². The van der Waals surface area contributed by atoms with Crippen molar-refractivity contribution in [3.05, 3.63) is 163 Å². The largest absolute Gasteiger partial charge is 0.208 e. The first-order chi connectivity index (χ1) is 25.3. The normalized spacial score (nSPS) is 17.8. The molecule has 0 radical (unpaired) electrons. The molecule has 0 unspecified atom stereocenters. The molecule has 0 aliphatic heterocycles. The van der Waals surface area contributed by atoms with Gasteiger partial charge in [-0.25, -0.2) is 15.0 Å². The predicted octanol–water partition coefficient (Wildman–Crippen LogP) is 11.4. The highest BCUT2D eigenvalue weighted by molar-refractivity contribution is 5.88. The zero-order valence-corrected chi connectivity index (χ0v) is 26.4. The number of rotatable bonds is 5. The predicted molar refractivity (Wildman–Crippen MR) is 196 cm³/mol. The number of aromatic nitrogens is 3. The van der Waals surface area contributed by atoms with Crippen molar-refractivity contribution in [2.45, 2.75) is 37.4 Å². The average Bonchev–Trinajstić information content (AvgIpc) is 3.49. The minimum atomic E-state index is -1.79. The standard InChI is InChI=1S/C45H35N3/c1-5-15-31(16-6-1)36-25-23-34(35-24-26-38-37-21-11-12-22-40(37)45(41(38)30-35)27-13-4-14-28-45)29-39(36)44-47-42(32-17-7-2-8-18-32)46-43(48-44)33-19-9-3-10-20-33/h1-3,5-12,15-26,29-30H,4,13-14,27-28H2/i27D2,28D2. The number of hydrogen-bond donors (Lipinski definition) is 0. The molecule has 1 heterocycles. The minimum absolute atomic E-state index is 0.299. The van der Waals surface area contributed by atoms with Gasteiger partial charge in [0.25, 0.3) is 0 Å². The van der Waals surface area contributed by atoms with E-state index >= 15 is 0 Å². The third-order valence-corrected chi connectivity index (χ3v) is 9.56. The average molecular weight is 622 g/mol. The summed E-state index contributed by atoms with van der Waals surface area (Å²) in [6.07, 6.45) is -2.47. The Morgan fingerprint density at radius 2 is 0.875 bits per heavy atom. The Labute approximate surface area is 287 Å². The van der Waals surface area contributed by atoms with E-state index in [4.69, 9.17) is 15.0 Å². The summed E-state index contributed by atoms with van der Waals surface area (Å²) in [4.78, 5) is 15.1. The lowest BCUT2D eigenvalue weighted by molar-refractivity contribution is 0.353. The lowest BCUT2D eigenvalue weighted by Gasteiger charge is -2.36. The minimum Gasteiger partial charge on any atom is -0.208 e. The molecular formula is C45H35N3. The van der Waals surface area contributed by atoms with Crippen LogP contribution in [0.15, 0.2) is 152 Å². The van der Waals surface area contributed by atoms with Crippen LogP contribution in [0.3, 0.4) is 0 Å². The monoisotopic (exact) mass is 621 g/mol. The van der Waals surface area contributed by atoms with Crippen molar-refractivity contribution < 1.29 is 5.48 Å². The molecule has 0 atom stereocenters. The summed E-state index contributed by atoms with van der Waals surface area (Å²) in [7, 11) is 0. The van der Waals surface area contributed by atoms with Crippen LogP contribution in [0.2, 0.25) is 0 Å². The van der Waals surface area contributed by atoms with Crippen LogP contribution in [0.4, 0.5) is 0 Å². The zero-order chi connectivity index (χ0) is 35.5. The van der Waals surface area contributed by atoms with E-state index in [9.17, 15) is 5.48 Å². The Bertz CT molecular complexity index is 2370. The molecule has 9 rings (SSSR count). The molecular weight excluding hydrogens is 583 g/mol. The summed E-state index contributed by atoms with van der Waals surface area (Å²) in [6.45, 7) is 0. The molecule has 1 aromatic heterocycles. The Morgan fingerprint density at radius 1 is 0.375 bits per heavy atom. The highest BCUT2D eigenvalue weighted by Crippen LogP contribution is 2.56. The van der Waals surface area contributed by atoms with E-state index in [1.807, 2.05) is 115 Å². The summed E-state index contributed by atoms with van der Waals surface area (Å²) in [6, 6.07) is 50.4. The number of hydrogen-bond acceptors (Lipinski definition) is 3. The molecule has 2 aliphatic rings. The fourth-order valence-electron chi connectivity index (χ4n) is 7.25. The van der Waals surface area contributed by atoms with Gasteiger partial charge in [0.1, 0.15) is 0 Å². The van der Waals surface area contributed by atoms with Crippen LogP contribution in [0.5, 0.6) is 0 Å². The van der Waals surface area contributed by atoms with E-state index in [0.29, 0.717) is 42.3 Å². The molecule has 6 aromatic carbocycles. The molecule has 0 saturated heterocycles. The molecule has 0 N–H and O–H groups in total. The summed E-state index contributed by atoms with van der Waals surface area (Å²) < 4.78 is 37.7. The smallest absolute Gasteiger partial charge is 0.164 e. The SMILES string of the molecule is [2H]C1([2H])CCCC([2H])([2H])C12c1ccccc1-c1ccc(-c3ccc(-c4ccccc4)c(-c4nc(-c5ccccc5)nc(-c5ccccc5)n4)c3)cc12. The molecule has 7 aromatic rings. The van der Waals surface area contributed by atoms with Gasteiger partial charge >= 0.3 is 0 Å². The fraction of sp³-hybridized carbons (Fsp3) is 0.133. The van der Waals surface area contributed by atoms with E-state index in [0.717, 1.165) is 55.6 Å². The number of fused-ring (bicyclic) bond motifs is 5. The van der Waals surface area contributed by atoms with Gasteiger partial charge in [0, 0.05) is 27.6 Å². The van der Waals surface area contributed by atoms with Crippen LogP contribution in [-0.2, 0) is 5.41 Å². The van der Waals surface area contributed by atoms with Crippen LogP contribution in [0.25, 0.3) is 67.5 Å². The second-order valence-corrected chi connectivity index (χ2v) is 12.4. The zero-order valence-electron chi connectivity index (χ0n) is 30.4. The van der Waals surface area contributed by atoms with Gasteiger partial charge in [-0.05, 0) is 69.4 Å². The molecule has 230 valence electrons. The Kier molecular flexibility index (Phi) is 6.05. The van der Waals surface area contributed by atoms with Gasteiger partial charge in [-0.3, -0.25) is 0 Å². The Morgan fingerprint density at radius 3 is 1.52 bits per heavy atom. The van der Waals surface area contributed by atoms with Crippen molar-refractivity contribution in [3.8, 4) is 67.5 Å². The maximum absolute atomic E-state index is 9.42. The van der Waals surface area contributed by atoms with Gasteiger partial charge in [0.05, 0.1) is 0 Å². The van der Waals surface area contributed by atoms with Crippen LogP contribution >= 0.6 is 0 Å². The maximum atomic E-state index is 9.42. The molecule has 3 nitrogen and oxygen atoms in total. The van der Waals surface area contributed by atoms with E-state index < -0.39 is 18.2 Å². The lowest BCUT2D eigenvalue weighted by Crippen LogP contribution is -2.28. The van der Waals surface area contributed by atoms with Crippen molar-refractivity contribution in [1.82, 2.24) is 15.0 Å². The summed E-state index contributed by atoms with van der Waals surface area (Å²) in [5, 5.41) is 0. The molecule has 2 aliphatic carbocycles. The lowest BCUT2D eigenvalue weighted by atomic mass is 9.67. The Hall–Kier alpha value is -5.67. The summed E-state index contributed by atoms with van der Waals surface area (Å²) in [5.41, 5.74) is 8.22. The van der Waals surface area contributed by atoms with Crippen LogP contribution in [-0.4, -0.2) is 15.0 Å². The van der Waals surface area contributed by atoms with Crippen molar-refractivity contribution in [2.75, 3.05) is 0 Å². The molecule has 1 spiro atoms. The van der Waals surface area contributed by atoms with Gasteiger partial charge in [-0.1, -0.05) is 159 Å². The second kappa shape index (κ2) is 11.8. The first-order valence-corrected chi connectivity index (χ1v) is 16.6.